The third-order valence-corrected chi connectivity index (χ3v) is 2.77. The van der Waals surface area contributed by atoms with Gasteiger partial charge in [0.15, 0.2) is 0 Å². The van der Waals surface area contributed by atoms with Crippen molar-refractivity contribution in [3.05, 3.63) is 16.1 Å². The number of aliphatic hydroxyl groups is 1. The van der Waals surface area contributed by atoms with Crippen LogP contribution in [0.1, 0.15) is 24.0 Å². The van der Waals surface area contributed by atoms with E-state index in [0.29, 0.717) is 0 Å². The van der Waals surface area contributed by atoms with E-state index >= 15 is 0 Å². The Morgan fingerprint density at radius 3 is 2.92 bits per heavy atom. The van der Waals surface area contributed by atoms with Crippen LogP contribution in [-0.4, -0.2) is 22.7 Å². The second kappa shape index (κ2) is 5.32. The lowest BCUT2D eigenvalue weighted by Gasteiger charge is -2.12. The van der Waals surface area contributed by atoms with Crippen LogP contribution >= 0.6 is 11.3 Å². The van der Waals surface area contributed by atoms with Crippen LogP contribution in [0, 0.1) is 6.92 Å². The third-order valence-electron chi connectivity index (χ3n) is 1.95. The summed E-state index contributed by atoms with van der Waals surface area (Å²) in [6.07, 6.45) is 0.944. The summed E-state index contributed by atoms with van der Waals surface area (Å²) in [4.78, 5) is 4.33. The first-order valence-corrected chi connectivity index (χ1v) is 5.39. The molecule has 0 aliphatic carbocycles. The number of rotatable bonds is 5. The van der Waals surface area contributed by atoms with Gasteiger partial charge < -0.3 is 10.4 Å². The molecule has 3 nitrogen and oxygen atoms in total. The molecule has 1 rings (SSSR count). The number of nitrogens with zero attached hydrogens (tertiary/aromatic N) is 1. The Balaban J connectivity index is 2.33. The van der Waals surface area contributed by atoms with Crippen LogP contribution in [-0.2, 0) is 6.54 Å². The maximum Gasteiger partial charge on any atom is 0.0897 e. The molecule has 0 saturated carbocycles. The fraction of sp³-hybridized carbons (Fsp3) is 0.667. The van der Waals surface area contributed by atoms with Gasteiger partial charge in [-0.2, -0.15) is 0 Å². The molecule has 0 fully saturated rings. The van der Waals surface area contributed by atoms with E-state index in [1.807, 2.05) is 12.3 Å². The molecule has 74 valence electrons. The van der Waals surface area contributed by atoms with Gasteiger partial charge in [-0.1, -0.05) is 6.92 Å². The van der Waals surface area contributed by atoms with E-state index < -0.39 is 0 Å². The smallest absolute Gasteiger partial charge is 0.0897 e. The standard InChI is InChI=1S/C9H16N2OS/c1-3-8(5-12)10-4-9-6-13-7(2)11-9/h6,8,10,12H,3-5H2,1-2H3. The molecule has 0 bridgehead atoms. The Labute approximate surface area is 82.8 Å². The SMILES string of the molecule is CCC(CO)NCc1csc(C)n1. The molecule has 2 N–H and O–H groups in total. The lowest BCUT2D eigenvalue weighted by molar-refractivity contribution is 0.238. The van der Waals surface area contributed by atoms with Crippen molar-refractivity contribution in [2.75, 3.05) is 6.61 Å². The van der Waals surface area contributed by atoms with Gasteiger partial charge in [0.05, 0.1) is 17.3 Å². The third kappa shape index (κ3) is 3.42. The highest BCUT2D eigenvalue weighted by molar-refractivity contribution is 7.09. The van der Waals surface area contributed by atoms with Crippen molar-refractivity contribution < 1.29 is 5.11 Å². The molecule has 1 unspecified atom stereocenters. The lowest BCUT2D eigenvalue weighted by Crippen LogP contribution is -2.31. The minimum atomic E-state index is 0.194. The average molecular weight is 200 g/mol. The second-order valence-electron chi connectivity index (χ2n) is 3.03. The summed E-state index contributed by atoms with van der Waals surface area (Å²) in [5, 5.41) is 15.3. The maximum atomic E-state index is 8.93. The molecule has 0 radical (unpaired) electrons. The van der Waals surface area contributed by atoms with Gasteiger partial charge in [-0.05, 0) is 13.3 Å². The highest BCUT2D eigenvalue weighted by Gasteiger charge is 2.04. The fourth-order valence-electron chi connectivity index (χ4n) is 1.08. The Bertz CT molecular complexity index is 246. The van der Waals surface area contributed by atoms with E-state index in [0.717, 1.165) is 23.7 Å². The molecule has 1 aromatic heterocycles. The molecule has 0 aromatic carbocycles. The number of hydrogen-bond acceptors (Lipinski definition) is 4. The summed E-state index contributed by atoms with van der Waals surface area (Å²) in [6.45, 7) is 5.00. The minimum absolute atomic E-state index is 0.194. The second-order valence-corrected chi connectivity index (χ2v) is 4.09. The maximum absolute atomic E-state index is 8.93. The largest absolute Gasteiger partial charge is 0.395 e. The van der Waals surface area contributed by atoms with Gasteiger partial charge in [0.25, 0.3) is 0 Å². The van der Waals surface area contributed by atoms with Crippen LogP contribution in [0.15, 0.2) is 5.38 Å². The molecule has 0 aliphatic heterocycles. The Morgan fingerprint density at radius 1 is 1.69 bits per heavy atom. The highest BCUT2D eigenvalue weighted by atomic mass is 32.1. The first kappa shape index (κ1) is 10.6. The monoisotopic (exact) mass is 200 g/mol. The number of aromatic nitrogens is 1. The van der Waals surface area contributed by atoms with Gasteiger partial charge >= 0.3 is 0 Å². The van der Waals surface area contributed by atoms with Gasteiger partial charge in [0.1, 0.15) is 0 Å². The summed E-state index contributed by atoms with van der Waals surface area (Å²) in [6, 6.07) is 0.196. The molecule has 0 aliphatic rings. The summed E-state index contributed by atoms with van der Waals surface area (Å²) in [5.74, 6) is 0. The Hall–Kier alpha value is -0.450. The molecular weight excluding hydrogens is 184 g/mol. The van der Waals surface area contributed by atoms with Crippen molar-refractivity contribution in [3.8, 4) is 0 Å². The molecule has 0 amide bonds. The minimum Gasteiger partial charge on any atom is -0.395 e. The average Bonchev–Trinajstić information content (AvgIpc) is 2.53. The van der Waals surface area contributed by atoms with Crippen LogP contribution in [0.2, 0.25) is 0 Å². The van der Waals surface area contributed by atoms with Crippen LogP contribution in [0.25, 0.3) is 0 Å². The molecule has 1 aromatic rings. The lowest BCUT2D eigenvalue weighted by atomic mass is 10.2. The first-order chi connectivity index (χ1) is 6.26. The summed E-state index contributed by atoms with van der Waals surface area (Å²) < 4.78 is 0. The zero-order valence-corrected chi connectivity index (χ0v) is 8.90. The summed E-state index contributed by atoms with van der Waals surface area (Å²) >= 11 is 1.66. The van der Waals surface area contributed by atoms with Gasteiger partial charge in [-0.25, -0.2) is 4.98 Å². The Morgan fingerprint density at radius 2 is 2.46 bits per heavy atom. The van der Waals surface area contributed by atoms with E-state index in [1.165, 1.54) is 0 Å². The molecule has 1 atom stereocenters. The van der Waals surface area contributed by atoms with Crippen molar-refractivity contribution >= 4 is 11.3 Å². The van der Waals surface area contributed by atoms with Crippen molar-refractivity contribution in [1.29, 1.82) is 0 Å². The van der Waals surface area contributed by atoms with E-state index in [1.54, 1.807) is 11.3 Å². The van der Waals surface area contributed by atoms with Crippen molar-refractivity contribution in [2.24, 2.45) is 0 Å². The van der Waals surface area contributed by atoms with E-state index in [-0.39, 0.29) is 12.6 Å². The van der Waals surface area contributed by atoms with Gasteiger partial charge in [0.2, 0.25) is 0 Å². The molecule has 13 heavy (non-hydrogen) atoms. The number of aryl methyl sites for hydroxylation is 1. The van der Waals surface area contributed by atoms with Gasteiger partial charge in [-0.15, -0.1) is 11.3 Å². The zero-order valence-electron chi connectivity index (χ0n) is 8.08. The molecule has 1 heterocycles. The zero-order chi connectivity index (χ0) is 9.68. The molecule has 0 saturated heterocycles. The van der Waals surface area contributed by atoms with Gasteiger partial charge in [-0.3, -0.25) is 0 Å². The quantitative estimate of drug-likeness (QED) is 0.753. The van der Waals surface area contributed by atoms with Crippen LogP contribution in [0.4, 0.5) is 0 Å². The van der Waals surface area contributed by atoms with Crippen LogP contribution in [0.3, 0.4) is 0 Å². The Kier molecular flexibility index (Phi) is 4.35. The van der Waals surface area contributed by atoms with Crippen LogP contribution < -0.4 is 5.32 Å². The number of thiazole rings is 1. The van der Waals surface area contributed by atoms with E-state index in [9.17, 15) is 0 Å². The van der Waals surface area contributed by atoms with Crippen LogP contribution in [0.5, 0.6) is 0 Å². The van der Waals surface area contributed by atoms with E-state index in [4.69, 9.17) is 5.11 Å². The van der Waals surface area contributed by atoms with Crippen molar-refractivity contribution in [2.45, 2.75) is 32.9 Å². The van der Waals surface area contributed by atoms with Crippen molar-refractivity contribution in [1.82, 2.24) is 10.3 Å². The topological polar surface area (TPSA) is 45.1 Å². The predicted octanol–water partition coefficient (Wildman–Crippen LogP) is 1.31. The summed E-state index contributed by atoms with van der Waals surface area (Å²) in [5.41, 5.74) is 1.06. The molecule has 4 heteroatoms. The molecule has 0 spiro atoms. The van der Waals surface area contributed by atoms with E-state index in [2.05, 4.69) is 17.2 Å². The normalized spacial score (nSPS) is 13.2. The molecular formula is C9H16N2OS. The number of nitrogens with one attached hydrogen (secondary N) is 1. The highest BCUT2D eigenvalue weighted by Crippen LogP contribution is 2.07. The number of aliphatic hydroxyl groups excluding tert-OH is 1. The predicted molar refractivity (Wildman–Crippen MR) is 54.9 cm³/mol. The fourth-order valence-corrected chi connectivity index (χ4v) is 1.69. The van der Waals surface area contributed by atoms with Crippen molar-refractivity contribution in [3.63, 3.8) is 0 Å². The van der Waals surface area contributed by atoms with Gasteiger partial charge in [0, 0.05) is 18.0 Å². The first-order valence-electron chi connectivity index (χ1n) is 4.51. The summed E-state index contributed by atoms with van der Waals surface area (Å²) in [7, 11) is 0. The number of hydrogen-bond donors (Lipinski definition) is 2.